The van der Waals surface area contributed by atoms with Crippen LogP contribution in [0.1, 0.15) is 17.6 Å². The summed E-state index contributed by atoms with van der Waals surface area (Å²) in [6, 6.07) is 7.61. The zero-order valence-corrected chi connectivity index (χ0v) is 11.3. The summed E-state index contributed by atoms with van der Waals surface area (Å²) in [4.78, 5) is 18.9. The minimum absolute atomic E-state index is 0.125. The van der Waals surface area contributed by atoms with Crippen molar-refractivity contribution in [2.75, 3.05) is 6.54 Å². The van der Waals surface area contributed by atoms with Crippen molar-refractivity contribution in [3.63, 3.8) is 0 Å². The second-order valence-electron chi connectivity index (χ2n) is 4.76. The summed E-state index contributed by atoms with van der Waals surface area (Å²) in [6.07, 6.45) is 1.21. The fourth-order valence-electron chi connectivity index (χ4n) is 1.94. The number of aliphatic hydroxyl groups excluding tert-OH is 1. The van der Waals surface area contributed by atoms with Gasteiger partial charge in [-0.15, -0.1) is 0 Å². The van der Waals surface area contributed by atoms with Crippen LogP contribution in [-0.2, 0) is 0 Å². The van der Waals surface area contributed by atoms with Crippen LogP contribution >= 0.6 is 0 Å². The van der Waals surface area contributed by atoms with Crippen molar-refractivity contribution in [3.05, 3.63) is 36.4 Å². The van der Waals surface area contributed by atoms with Crippen LogP contribution in [0, 0.1) is 0 Å². The first-order chi connectivity index (χ1) is 10.1. The molecule has 0 radical (unpaired) electrons. The normalized spacial score (nSPS) is 12.5. The maximum absolute atomic E-state index is 11.7. The number of nitrogens with zero attached hydrogens (tertiary/aromatic N) is 2. The number of nitrogens with one attached hydrogen (secondary N) is 2. The molecule has 0 saturated carbocycles. The molecule has 108 valence electrons. The van der Waals surface area contributed by atoms with Gasteiger partial charge in [0.25, 0.3) is 0 Å². The van der Waals surface area contributed by atoms with Gasteiger partial charge < -0.3 is 19.9 Å². The van der Waals surface area contributed by atoms with Crippen LogP contribution in [0.3, 0.4) is 0 Å². The van der Waals surface area contributed by atoms with Crippen molar-refractivity contribution >= 4 is 16.8 Å². The Labute approximate surface area is 120 Å². The fraction of sp³-hybridized carbons (Fsp3) is 0.214. The molecular weight excluding hydrogens is 272 g/mol. The quantitative estimate of drug-likeness (QED) is 0.671. The molecule has 1 aromatic carbocycles. The SMILES string of the molecule is CC(O)CNC(=O)c1nc(-c2ccc3[nH]ccc3c2)no1. The van der Waals surface area contributed by atoms with Crippen molar-refractivity contribution in [2.24, 2.45) is 0 Å². The molecule has 21 heavy (non-hydrogen) atoms. The third-order valence-electron chi connectivity index (χ3n) is 2.99. The van der Waals surface area contributed by atoms with Crippen LogP contribution in [0.25, 0.3) is 22.3 Å². The van der Waals surface area contributed by atoms with E-state index in [1.807, 2.05) is 30.5 Å². The number of aliphatic hydroxyl groups is 1. The molecule has 3 rings (SSSR count). The first-order valence-electron chi connectivity index (χ1n) is 6.51. The standard InChI is InChI=1S/C14H14N4O3/c1-8(19)7-16-13(20)14-17-12(18-21-14)10-2-3-11-9(6-10)4-5-15-11/h2-6,8,15,19H,7H2,1H3,(H,16,20). The summed E-state index contributed by atoms with van der Waals surface area (Å²) in [6.45, 7) is 1.71. The lowest BCUT2D eigenvalue weighted by Gasteiger charge is -2.03. The highest BCUT2D eigenvalue weighted by Crippen LogP contribution is 2.21. The zero-order valence-electron chi connectivity index (χ0n) is 11.3. The van der Waals surface area contributed by atoms with Gasteiger partial charge in [-0.05, 0) is 31.2 Å². The Hall–Kier alpha value is -2.67. The maximum Gasteiger partial charge on any atom is 0.316 e. The highest BCUT2D eigenvalue weighted by atomic mass is 16.5. The van der Waals surface area contributed by atoms with Gasteiger partial charge in [-0.3, -0.25) is 4.79 Å². The number of hydrogen-bond donors (Lipinski definition) is 3. The molecule has 0 aliphatic carbocycles. The van der Waals surface area contributed by atoms with E-state index in [2.05, 4.69) is 20.4 Å². The van der Waals surface area contributed by atoms with Crippen LogP contribution < -0.4 is 5.32 Å². The zero-order chi connectivity index (χ0) is 14.8. The molecule has 2 heterocycles. The Bertz CT molecular complexity index is 775. The molecule has 7 heteroatoms. The lowest BCUT2D eigenvalue weighted by atomic mass is 10.1. The van der Waals surface area contributed by atoms with Gasteiger partial charge in [0.05, 0.1) is 6.10 Å². The van der Waals surface area contributed by atoms with E-state index >= 15 is 0 Å². The molecule has 1 atom stereocenters. The van der Waals surface area contributed by atoms with Gasteiger partial charge in [0, 0.05) is 29.2 Å². The molecule has 1 amide bonds. The number of benzene rings is 1. The van der Waals surface area contributed by atoms with E-state index in [1.165, 1.54) is 0 Å². The van der Waals surface area contributed by atoms with E-state index in [4.69, 9.17) is 9.63 Å². The molecule has 0 aliphatic heterocycles. The number of aromatic nitrogens is 3. The molecule has 1 unspecified atom stereocenters. The molecule has 0 saturated heterocycles. The van der Waals surface area contributed by atoms with Crippen molar-refractivity contribution in [2.45, 2.75) is 13.0 Å². The van der Waals surface area contributed by atoms with Gasteiger partial charge in [-0.2, -0.15) is 4.98 Å². The number of hydrogen-bond acceptors (Lipinski definition) is 5. The van der Waals surface area contributed by atoms with E-state index in [0.29, 0.717) is 5.82 Å². The Balaban J connectivity index is 1.82. The first-order valence-corrected chi connectivity index (χ1v) is 6.51. The Morgan fingerprint density at radius 3 is 3.14 bits per heavy atom. The fourth-order valence-corrected chi connectivity index (χ4v) is 1.94. The number of rotatable bonds is 4. The summed E-state index contributed by atoms with van der Waals surface area (Å²) in [5.74, 6) is -0.280. The predicted octanol–water partition coefficient (Wildman–Crippen LogP) is 1.33. The maximum atomic E-state index is 11.7. The van der Waals surface area contributed by atoms with E-state index in [0.717, 1.165) is 16.5 Å². The number of aromatic amines is 1. The molecule has 0 spiro atoms. The topological polar surface area (TPSA) is 104 Å². The lowest BCUT2D eigenvalue weighted by molar-refractivity contribution is 0.0880. The van der Waals surface area contributed by atoms with E-state index in [1.54, 1.807) is 6.92 Å². The molecule has 0 bridgehead atoms. The van der Waals surface area contributed by atoms with Crippen molar-refractivity contribution < 1.29 is 14.4 Å². The number of fused-ring (bicyclic) bond motifs is 1. The Kier molecular flexibility index (Phi) is 3.41. The van der Waals surface area contributed by atoms with Crippen molar-refractivity contribution in [1.29, 1.82) is 0 Å². The summed E-state index contributed by atoms with van der Waals surface area (Å²) in [7, 11) is 0. The third-order valence-corrected chi connectivity index (χ3v) is 2.99. The summed E-state index contributed by atoms with van der Waals surface area (Å²) >= 11 is 0. The largest absolute Gasteiger partial charge is 0.392 e. The van der Waals surface area contributed by atoms with Crippen LogP contribution in [0.2, 0.25) is 0 Å². The number of carbonyl (C=O) groups is 1. The highest BCUT2D eigenvalue weighted by Gasteiger charge is 2.16. The molecule has 0 aliphatic rings. The van der Waals surface area contributed by atoms with Crippen LogP contribution in [0.4, 0.5) is 0 Å². The molecular formula is C14H14N4O3. The summed E-state index contributed by atoms with van der Waals surface area (Å²) in [5.41, 5.74) is 1.78. The van der Waals surface area contributed by atoms with Gasteiger partial charge in [-0.1, -0.05) is 5.16 Å². The van der Waals surface area contributed by atoms with Gasteiger partial charge in [0.2, 0.25) is 5.82 Å². The molecule has 2 aromatic heterocycles. The van der Waals surface area contributed by atoms with Gasteiger partial charge >= 0.3 is 11.8 Å². The second kappa shape index (κ2) is 5.37. The summed E-state index contributed by atoms with van der Waals surface area (Å²) in [5, 5.41) is 16.5. The van der Waals surface area contributed by atoms with Gasteiger partial charge in [-0.25, -0.2) is 0 Å². The average Bonchev–Trinajstić information content (AvgIpc) is 3.12. The minimum atomic E-state index is -0.632. The monoisotopic (exact) mass is 286 g/mol. The number of H-pyrrole nitrogens is 1. The minimum Gasteiger partial charge on any atom is -0.392 e. The molecule has 0 fully saturated rings. The first kappa shape index (κ1) is 13.3. The summed E-state index contributed by atoms with van der Waals surface area (Å²) < 4.78 is 4.94. The molecule has 3 aromatic rings. The predicted molar refractivity (Wildman–Crippen MR) is 75.6 cm³/mol. The lowest BCUT2D eigenvalue weighted by Crippen LogP contribution is -2.30. The van der Waals surface area contributed by atoms with Gasteiger partial charge in [0.1, 0.15) is 0 Å². The number of carbonyl (C=O) groups excluding carboxylic acids is 1. The van der Waals surface area contributed by atoms with E-state index in [-0.39, 0.29) is 12.4 Å². The Morgan fingerprint density at radius 2 is 2.33 bits per heavy atom. The van der Waals surface area contributed by atoms with Crippen LogP contribution in [0.5, 0.6) is 0 Å². The number of amides is 1. The van der Waals surface area contributed by atoms with E-state index < -0.39 is 12.0 Å². The van der Waals surface area contributed by atoms with Crippen molar-refractivity contribution in [1.82, 2.24) is 20.4 Å². The smallest absolute Gasteiger partial charge is 0.316 e. The molecule has 3 N–H and O–H groups in total. The molecule has 7 nitrogen and oxygen atoms in total. The Morgan fingerprint density at radius 1 is 1.48 bits per heavy atom. The van der Waals surface area contributed by atoms with Crippen molar-refractivity contribution in [3.8, 4) is 11.4 Å². The van der Waals surface area contributed by atoms with Crippen LogP contribution in [0.15, 0.2) is 35.0 Å². The van der Waals surface area contributed by atoms with Crippen LogP contribution in [-0.4, -0.2) is 38.8 Å². The third kappa shape index (κ3) is 2.77. The van der Waals surface area contributed by atoms with Gasteiger partial charge in [0.15, 0.2) is 0 Å². The second-order valence-corrected chi connectivity index (χ2v) is 4.76. The van der Waals surface area contributed by atoms with E-state index in [9.17, 15) is 4.79 Å². The average molecular weight is 286 g/mol. The highest BCUT2D eigenvalue weighted by molar-refractivity contribution is 5.90.